The Labute approximate surface area is 140 Å². The van der Waals surface area contributed by atoms with Crippen LogP contribution >= 0.6 is 0 Å². The first-order valence-corrected chi connectivity index (χ1v) is 8.39. The summed E-state index contributed by atoms with van der Waals surface area (Å²) in [5.74, 6) is 0.717. The number of amides is 1. The van der Waals surface area contributed by atoms with Crippen LogP contribution in [0.4, 0.5) is 5.82 Å². The van der Waals surface area contributed by atoms with Gasteiger partial charge in [-0.15, -0.1) is 0 Å². The Kier molecular flexibility index (Phi) is 3.56. The lowest BCUT2D eigenvalue weighted by Crippen LogP contribution is -2.23. The number of rotatable bonds is 3. The number of anilines is 1. The summed E-state index contributed by atoms with van der Waals surface area (Å²) in [7, 11) is 0. The Morgan fingerprint density at radius 1 is 1.29 bits per heavy atom. The van der Waals surface area contributed by atoms with E-state index in [1.54, 1.807) is 0 Å². The van der Waals surface area contributed by atoms with Crippen molar-refractivity contribution in [2.45, 2.75) is 39.2 Å². The summed E-state index contributed by atoms with van der Waals surface area (Å²) in [5.41, 5.74) is 4.32. The lowest BCUT2D eigenvalue weighted by atomic mass is 9.84. The zero-order chi connectivity index (χ0) is 16.7. The highest BCUT2D eigenvalue weighted by atomic mass is 16.1. The molecule has 0 aliphatic carbocycles. The molecule has 0 saturated carbocycles. The van der Waals surface area contributed by atoms with Gasteiger partial charge in [-0.05, 0) is 25.0 Å². The maximum atomic E-state index is 12.2. The molecule has 24 heavy (non-hydrogen) atoms. The number of carbonyl (C=O) groups is 1. The molecule has 0 bridgehead atoms. The maximum absolute atomic E-state index is 12.2. The molecule has 1 aliphatic heterocycles. The Hall–Kier alpha value is -2.69. The number of nitrogens with one attached hydrogen (secondary N) is 1. The largest absolute Gasteiger partial charge is 0.309 e. The van der Waals surface area contributed by atoms with E-state index in [1.165, 1.54) is 0 Å². The highest BCUT2D eigenvalue weighted by molar-refractivity contribution is 5.95. The fourth-order valence-electron chi connectivity index (χ4n) is 3.64. The highest BCUT2D eigenvalue weighted by Gasteiger charge is 2.32. The van der Waals surface area contributed by atoms with E-state index in [1.807, 2.05) is 23.0 Å². The van der Waals surface area contributed by atoms with Crippen LogP contribution in [0.15, 0.2) is 36.5 Å². The Morgan fingerprint density at radius 2 is 2.12 bits per heavy atom. The summed E-state index contributed by atoms with van der Waals surface area (Å²) >= 11 is 0. The van der Waals surface area contributed by atoms with Crippen LogP contribution in [0.3, 0.4) is 0 Å². The molecule has 122 valence electrons. The van der Waals surface area contributed by atoms with Crippen LogP contribution in [0, 0.1) is 6.92 Å². The van der Waals surface area contributed by atoms with Gasteiger partial charge in [-0.2, -0.15) is 5.10 Å². The molecular weight excluding hydrogens is 300 g/mol. The molecule has 1 atom stereocenters. The fourth-order valence-corrected chi connectivity index (χ4v) is 3.64. The number of hydrogen-bond donors (Lipinski definition) is 1. The second kappa shape index (κ2) is 5.74. The molecule has 0 spiro atoms. The van der Waals surface area contributed by atoms with Crippen molar-refractivity contribution in [3.63, 3.8) is 0 Å². The minimum absolute atomic E-state index is 0.00189. The molecule has 0 unspecified atom stereocenters. The number of aromatic nitrogens is 3. The van der Waals surface area contributed by atoms with Crippen molar-refractivity contribution >= 4 is 22.6 Å². The monoisotopic (exact) mass is 320 g/mol. The van der Waals surface area contributed by atoms with Crippen LogP contribution in [-0.4, -0.2) is 20.7 Å². The molecule has 1 aromatic carbocycles. The normalized spacial score (nSPS) is 16.9. The third-order valence-electron chi connectivity index (χ3n) is 4.72. The summed E-state index contributed by atoms with van der Waals surface area (Å²) in [6, 6.07) is 10.2. The lowest BCUT2D eigenvalue weighted by Gasteiger charge is -2.23. The molecule has 1 amide bonds. The van der Waals surface area contributed by atoms with Crippen LogP contribution < -0.4 is 5.32 Å². The summed E-state index contributed by atoms with van der Waals surface area (Å²) < 4.78 is 2.00. The summed E-state index contributed by atoms with van der Waals surface area (Å²) in [6.07, 6.45) is 3.25. The van der Waals surface area contributed by atoms with Crippen molar-refractivity contribution in [2.24, 2.45) is 0 Å². The van der Waals surface area contributed by atoms with Crippen molar-refractivity contribution in [3.8, 4) is 0 Å². The Balaban J connectivity index is 1.92. The SMILES string of the molecule is CCCn1nc2c(c1C)[C@@H](c1cccc3cccnc13)CC(=O)N2. The van der Waals surface area contributed by atoms with Gasteiger partial charge in [0.1, 0.15) is 0 Å². The number of carbonyl (C=O) groups excluding carboxylic acids is 1. The zero-order valence-corrected chi connectivity index (χ0v) is 13.9. The van der Waals surface area contributed by atoms with E-state index in [-0.39, 0.29) is 11.8 Å². The van der Waals surface area contributed by atoms with E-state index in [4.69, 9.17) is 0 Å². The van der Waals surface area contributed by atoms with Crippen LogP contribution in [0.25, 0.3) is 10.9 Å². The van der Waals surface area contributed by atoms with Gasteiger partial charge in [0, 0.05) is 41.7 Å². The molecule has 5 nitrogen and oxygen atoms in total. The number of hydrogen-bond acceptors (Lipinski definition) is 3. The van der Waals surface area contributed by atoms with Crippen molar-refractivity contribution in [1.29, 1.82) is 0 Å². The number of fused-ring (bicyclic) bond motifs is 2. The van der Waals surface area contributed by atoms with Gasteiger partial charge in [-0.1, -0.05) is 31.2 Å². The topological polar surface area (TPSA) is 59.8 Å². The average Bonchev–Trinajstić information content (AvgIpc) is 2.90. The molecule has 5 heteroatoms. The summed E-state index contributed by atoms with van der Waals surface area (Å²) in [5, 5.41) is 8.64. The lowest BCUT2D eigenvalue weighted by molar-refractivity contribution is -0.116. The molecule has 1 N–H and O–H groups in total. The first kappa shape index (κ1) is 14.9. The molecule has 0 radical (unpaired) electrons. The van der Waals surface area contributed by atoms with E-state index in [0.29, 0.717) is 12.2 Å². The standard InChI is InChI=1S/C19H20N4O/c1-3-10-23-12(2)17-15(11-16(24)21-19(17)22-23)14-8-4-6-13-7-5-9-20-18(13)14/h4-9,15H,3,10-11H2,1-2H3,(H,21,22,24)/t15-/m1/s1. The number of aryl methyl sites for hydroxylation is 1. The van der Waals surface area contributed by atoms with Crippen molar-refractivity contribution in [1.82, 2.24) is 14.8 Å². The van der Waals surface area contributed by atoms with Gasteiger partial charge in [0.15, 0.2) is 5.82 Å². The molecule has 2 aromatic heterocycles. The average molecular weight is 320 g/mol. The van der Waals surface area contributed by atoms with Crippen LogP contribution in [-0.2, 0) is 11.3 Å². The van der Waals surface area contributed by atoms with Gasteiger partial charge in [0.25, 0.3) is 0 Å². The third-order valence-corrected chi connectivity index (χ3v) is 4.72. The van der Waals surface area contributed by atoms with E-state index in [2.05, 4.69) is 47.4 Å². The predicted molar refractivity (Wildman–Crippen MR) is 94.1 cm³/mol. The Morgan fingerprint density at radius 3 is 2.96 bits per heavy atom. The molecule has 4 rings (SSSR count). The van der Waals surface area contributed by atoms with Gasteiger partial charge in [0.2, 0.25) is 5.91 Å². The van der Waals surface area contributed by atoms with Gasteiger partial charge in [-0.25, -0.2) is 0 Å². The first-order chi connectivity index (χ1) is 11.7. The minimum atomic E-state index is -0.00189. The van der Waals surface area contributed by atoms with Crippen LogP contribution in [0.1, 0.15) is 42.5 Å². The molecular formula is C19H20N4O. The van der Waals surface area contributed by atoms with E-state index < -0.39 is 0 Å². The molecule has 3 heterocycles. The quantitative estimate of drug-likeness (QED) is 0.802. The van der Waals surface area contributed by atoms with Crippen LogP contribution in [0.5, 0.6) is 0 Å². The van der Waals surface area contributed by atoms with Gasteiger partial charge >= 0.3 is 0 Å². The number of para-hydroxylation sites is 1. The second-order valence-corrected chi connectivity index (χ2v) is 6.30. The van der Waals surface area contributed by atoms with E-state index in [0.717, 1.165) is 40.7 Å². The van der Waals surface area contributed by atoms with Gasteiger partial charge in [0.05, 0.1) is 5.52 Å². The van der Waals surface area contributed by atoms with E-state index >= 15 is 0 Å². The molecule has 0 saturated heterocycles. The summed E-state index contributed by atoms with van der Waals surface area (Å²) in [4.78, 5) is 16.8. The number of nitrogens with zero attached hydrogens (tertiary/aromatic N) is 3. The molecule has 0 fully saturated rings. The third kappa shape index (κ3) is 2.28. The second-order valence-electron chi connectivity index (χ2n) is 6.30. The maximum Gasteiger partial charge on any atom is 0.226 e. The van der Waals surface area contributed by atoms with Crippen molar-refractivity contribution in [2.75, 3.05) is 5.32 Å². The van der Waals surface area contributed by atoms with Crippen molar-refractivity contribution in [3.05, 3.63) is 53.3 Å². The van der Waals surface area contributed by atoms with Crippen LogP contribution in [0.2, 0.25) is 0 Å². The Bertz CT molecular complexity index is 923. The van der Waals surface area contributed by atoms with Gasteiger partial charge in [-0.3, -0.25) is 14.5 Å². The zero-order valence-electron chi connectivity index (χ0n) is 13.9. The van der Waals surface area contributed by atoms with E-state index in [9.17, 15) is 4.79 Å². The number of pyridine rings is 1. The highest BCUT2D eigenvalue weighted by Crippen LogP contribution is 2.40. The first-order valence-electron chi connectivity index (χ1n) is 8.39. The van der Waals surface area contributed by atoms with Gasteiger partial charge < -0.3 is 5.32 Å². The smallest absolute Gasteiger partial charge is 0.226 e. The minimum Gasteiger partial charge on any atom is -0.309 e. The molecule has 1 aliphatic rings. The predicted octanol–water partition coefficient (Wildman–Crippen LogP) is 3.62. The number of benzene rings is 1. The fraction of sp³-hybridized carbons (Fsp3) is 0.316. The van der Waals surface area contributed by atoms with Crippen molar-refractivity contribution < 1.29 is 4.79 Å². The molecule has 3 aromatic rings. The summed E-state index contributed by atoms with van der Waals surface area (Å²) in [6.45, 7) is 5.07.